The number of piperazine rings is 1. The largest absolute Gasteiger partial charge is 0.340 e. The van der Waals surface area contributed by atoms with Crippen LogP contribution in [-0.2, 0) is 11.2 Å². The van der Waals surface area contributed by atoms with Gasteiger partial charge in [-0.15, -0.1) is 11.3 Å². The number of benzene rings is 1. The van der Waals surface area contributed by atoms with Gasteiger partial charge in [-0.3, -0.25) is 19.8 Å². The summed E-state index contributed by atoms with van der Waals surface area (Å²) < 4.78 is 0. The van der Waals surface area contributed by atoms with Crippen molar-refractivity contribution < 1.29 is 9.59 Å². The quantitative estimate of drug-likeness (QED) is 0.597. The third kappa shape index (κ3) is 6.05. The van der Waals surface area contributed by atoms with Gasteiger partial charge in [0.1, 0.15) is 0 Å². The minimum absolute atomic E-state index is 0.0547. The number of thiazole rings is 1. The molecule has 1 N–H and O–H groups in total. The molecule has 4 rings (SSSR count). The predicted molar refractivity (Wildman–Crippen MR) is 124 cm³/mol. The summed E-state index contributed by atoms with van der Waals surface area (Å²) in [6.07, 6.45) is 7.53. The highest BCUT2D eigenvalue weighted by Crippen LogP contribution is 2.17. The summed E-state index contributed by atoms with van der Waals surface area (Å²) in [6, 6.07) is 11.9. The summed E-state index contributed by atoms with van der Waals surface area (Å²) in [4.78, 5) is 41.2. The first-order valence-corrected chi connectivity index (χ1v) is 11.3. The van der Waals surface area contributed by atoms with Gasteiger partial charge in [0.25, 0.3) is 5.91 Å². The molecule has 0 radical (unpaired) electrons. The van der Waals surface area contributed by atoms with Crippen LogP contribution in [0.5, 0.6) is 0 Å². The van der Waals surface area contributed by atoms with E-state index in [-0.39, 0.29) is 18.2 Å². The summed E-state index contributed by atoms with van der Waals surface area (Å²) in [5.41, 5.74) is 1.84. The predicted octanol–water partition coefficient (Wildman–Crippen LogP) is 2.59. The second-order valence-corrected chi connectivity index (χ2v) is 8.20. The molecule has 2 aromatic heterocycles. The monoisotopic (exact) mass is 448 g/mol. The Balaban J connectivity index is 1.21. The number of rotatable bonds is 7. The highest BCUT2D eigenvalue weighted by molar-refractivity contribution is 7.14. The molecule has 1 aliphatic heterocycles. The van der Waals surface area contributed by atoms with Gasteiger partial charge < -0.3 is 4.90 Å². The number of carbonyl (C=O) groups is 2. The first-order chi connectivity index (χ1) is 15.7. The second kappa shape index (κ2) is 10.7. The first kappa shape index (κ1) is 21.8. The molecule has 2 amide bonds. The minimum atomic E-state index is -0.421. The van der Waals surface area contributed by atoms with E-state index in [0.29, 0.717) is 23.9 Å². The Morgan fingerprint density at radius 1 is 1.03 bits per heavy atom. The fourth-order valence-corrected chi connectivity index (χ4v) is 4.07. The molecule has 0 unspecified atom stereocenters. The Morgan fingerprint density at radius 3 is 2.53 bits per heavy atom. The lowest BCUT2D eigenvalue weighted by Gasteiger charge is -2.34. The lowest BCUT2D eigenvalue weighted by Crippen LogP contribution is -2.49. The SMILES string of the molecule is O=C(Nc1nc(CC(=O)N2CCN(C/C=C/c3ccccc3)CC2)cs1)c1ncccn1. The van der Waals surface area contributed by atoms with Crippen LogP contribution in [0.4, 0.5) is 5.13 Å². The number of aromatic nitrogens is 3. The molecule has 0 saturated carbocycles. The molecule has 3 aromatic rings. The standard InChI is InChI=1S/C23H24N6O2S/c30-20(16-19-17-32-23(26-19)27-22(31)21-24-9-5-10-25-21)29-14-12-28(13-15-29)11-4-8-18-6-2-1-3-7-18/h1-10,17H,11-16H2,(H,26,27,31)/b8-4+. The molecule has 0 aliphatic carbocycles. The summed E-state index contributed by atoms with van der Waals surface area (Å²) in [5.74, 6) is -0.286. The van der Waals surface area contributed by atoms with Crippen LogP contribution in [0.3, 0.4) is 0 Å². The van der Waals surface area contributed by atoms with Crippen molar-refractivity contribution >= 4 is 34.4 Å². The van der Waals surface area contributed by atoms with Crippen LogP contribution in [0.15, 0.2) is 60.2 Å². The van der Waals surface area contributed by atoms with Crippen molar-refractivity contribution in [1.29, 1.82) is 0 Å². The van der Waals surface area contributed by atoms with Crippen LogP contribution in [-0.4, -0.2) is 69.3 Å². The van der Waals surface area contributed by atoms with E-state index >= 15 is 0 Å². The molecule has 1 aromatic carbocycles. The van der Waals surface area contributed by atoms with Crippen LogP contribution in [0.2, 0.25) is 0 Å². The van der Waals surface area contributed by atoms with Crippen molar-refractivity contribution in [2.24, 2.45) is 0 Å². The van der Waals surface area contributed by atoms with Gasteiger partial charge in [-0.05, 0) is 11.6 Å². The van der Waals surface area contributed by atoms with E-state index in [4.69, 9.17) is 0 Å². The van der Waals surface area contributed by atoms with Gasteiger partial charge in [0.05, 0.1) is 12.1 Å². The van der Waals surface area contributed by atoms with Gasteiger partial charge in [-0.25, -0.2) is 15.0 Å². The van der Waals surface area contributed by atoms with Gasteiger partial charge in [-0.2, -0.15) is 0 Å². The van der Waals surface area contributed by atoms with Gasteiger partial charge in [0.2, 0.25) is 11.7 Å². The highest BCUT2D eigenvalue weighted by Gasteiger charge is 2.21. The van der Waals surface area contributed by atoms with Crippen LogP contribution in [0, 0.1) is 0 Å². The van der Waals surface area contributed by atoms with Crippen molar-refractivity contribution in [3.05, 3.63) is 77.3 Å². The second-order valence-electron chi connectivity index (χ2n) is 7.34. The Kier molecular flexibility index (Phi) is 7.31. The maximum Gasteiger partial charge on any atom is 0.295 e. The molecule has 1 aliphatic rings. The molecule has 0 bridgehead atoms. The Morgan fingerprint density at radius 2 is 1.78 bits per heavy atom. The molecule has 1 saturated heterocycles. The van der Waals surface area contributed by atoms with Crippen molar-refractivity contribution in [1.82, 2.24) is 24.8 Å². The van der Waals surface area contributed by atoms with Crippen LogP contribution in [0.1, 0.15) is 21.9 Å². The zero-order valence-electron chi connectivity index (χ0n) is 17.6. The van der Waals surface area contributed by atoms with E-state index < -0.39 is 5.91 Å². The average molecular weight is 449 g/mol. The molecular weight excluding hydrogens is 424 g/mol. The first-order valence-electron chi connectivity index (χ1n) is 10.4. The molecule has 164 valence electrons. The van der Waals surface area contributed by atoms with Crippen LogP contribution < -0.4 is 5.32 Å². The van der Waals surface area contributed by atoms with Crippen molar-refractivity contribution in [2.75, 3.05) is 38.0 Å². The number of hydrogen-bond acceptors (Lipinski definition) is 7. The molecular formula is C23H24N6O2S. The molecule has 9 heteroatoms. The third-order valence-electron chi connectivity index (χ3n) is 5.07. The van der Waals surface area contributed by atoms with E-state index in [2.05, 4.69) is 49.5 Å². The van der Waals surface area contributed by atoms with Gasteiger partial charge in [0.15, 0.2) is 5.13 Å². The van der Waals surface area contributed by atoms with Crippen molar-refractivity contribution in [2.45, 2.75) is 6.42 Å². The lowest BCUT2D eigenvalue weighted by atomic mass is 10.2. The number of amides is 2. The lowest BCUT2D eigenvalue weighted by molar-refractivity contribution is -0.132. The maximum absolute atomic E-state index is 12.7. The Hall–Kier alpha value is -3.43. The Labute approximate surface area is 190 Å². The van der Waals surface area contributed by atoms with Crippen molar-refractivity contribution in [3.63, 3.8) is 0 Å². The number of anilines is 1. The van der Waals surface area contributed by atoms with Gasteiger partial charge >= 0.3 is 0 Å². The van der Waals surface area contributed by atoms with Crippen LogP contribution in [0.25, 0.3) is 6.08 Å². The van der Waals surface area contributed by atoms with E-state index in [1.807, 2.05) is 23.1 Å². The summed E-state index contributed by atoms with van der Waals surface area (Å²) in [7, 11) is 0. The summed E-state index contributed by atoms with van der Waals surface area (Å²) in [6.45, 7) is 3.98. The maximum atomic E-state index is 12.7. The fraction of sp³-hybridized carbons (Fsp3) is 0.261. The molecule has 3 heterocycles. The van der Waals surface area contributed by atoms with E-state index in [1.54, 1.807) is 11.4 Å². The van der Waals surface area contributed by atoms with E-state index in [1.165, 1.54) is 29.3 Å². The minimum Gasteiger partial charge on any atom is -0.340 e. The molecule has 0 spiro atoms. The molecule has 0 atom stereocenters. The summed E-state index contributed by atoms with van der Waals surface area (Å²) >= 11 is 1.28. The van der Waals surface area contributed by atoms with Gasteiger partial charge in [-0.1, -0.05) is 42.5 Å². The third-order valence-corrected chi connectivity index (χ3v) is 5.88. The van der Waals surface area contributed by atoms with Gasteiger partial charge in [0, 0.05) is 50.5 Å². The number of hydrogen-bond donors (Lipinski definition) is 1. The van der Waals surface area contributed by atoms with E-state index in [0.717, 1.165) is 19.6 Å². The number of carbonyl (C=O) groups excluding carboxylic acids is 2. The van der Waals surface area contributed by atoms with Crippen molar-refractivity contribution in [3.8, 4) is 0 Å². The molecule has 1 fully saturated rings. The number of nitrogens with zero attached hydrogens (tertiary/aromatic N) is 5. The highest BCUT2D eigenvalue weighted by atomic mass is 32.1. The smallest absolute Gasteiger partial charge is 0.295 e. The van der Waals surface area contributed by atoms with Crippen LogP contribution >= 0.6 is 11.3 Å². The Bertz CT molecular complexity index is 1060. The zero-order chi connectivity index (χ0) is 22.2. The van der Waals surface area contributed by atoms with E-state index in [9.17, 15) is 9.59 Å². The average Bonchev–Trinajstić information content (AvgIpc) is 3.27. The zero-order valence-corrected chi connectivity index (χ0v) is 18.4. The summed E-state index contributed by atoms with van der Waals surface area (Å²) in [5, 5.41) is 4.90. The molecule has 8 nitrogen and oxygen atoms in total. The molecule has 32 heavy (non-hydrogen) atoms. The normalized spacial score (nSPS) is 14.6. The topological polar surface area (TPSA) is 91.3 Å². The fourth-order valence-electron chi connectivity index (χ4n) is 3.36. The number of nitrogens with one attached hydrogen (secondary N) is 1.